The Morgan fingerprint density at radius 2 is 1.73 bits per heavy atom. The van der Waals surface area contributed by atoms with Gasteiger partial charge in [-0.2, -0.15) is 0 Å². The number of carbonyl (C=O) groups is 2. The van der Waals surface area contributed by atoms with Gasteiger partial charge < -0.3 is 15.4 Å². The zero-order chi connectivity index (χ0) is 23.2. The van der Waals surface area contributed by atoms with E-state index in [0.717, 1.165) is 11.2 Å². The Kier molecular flexibility index (Phi) is 6.69. The lowest BCUT2D eigenvalue weighted by Crippen LogP contribution is -2.27. The molecule has 7 nitrogen and oxygen atoms in total. The average Bonchev–Trinajstić information content (AvgIpc) is 3.16. The Hall–Kier alpha value is -4.13. The van der Waals surface area contributed by atoms with Gasteiger partial charge in [0.25, 0.3) is 5.91 Å². The molecule has 2 N–H and O–H groups in total. The average molecular weight is 443 g/mol. The van der Waals surface area contributed by atoms with Crippen LogP contribution in [0.1, 0.15) is 34.6 Å². The molecule has 0 fully saturated rings. The third-order valence-electron chi connectivity index (χ3n) is 5.23. The Morgan fingerprint density at radius 1 is 0.970 bits per heavy atom. The van der Waals surface area contributed by atoms with E-state index in [-0.39, 0.29) is 18.2 Å². The number of para-hydroxylation sites is 3. The van der Waals surface area contributed by atoms with Crippen LogP contribution in [0.3, 0.4) is 0 Å². The highest BCUT2D eigenvalue weighted by molar-refractivity contribution is 5.95. The van der Waals surface area contributed by atoms with E-state index >= 15 is 0 Å². The molecule has 0 radical (unpaired) electrons. The summed E-state index contributed by atoms with van der Waals surface area (Å²) < 4.78 is 7.69. The molecule has 0 atom stereocenters. The monoisotopic (exact) mass is 442 g/mol. The number of aryl methyl sites for hydroxylation is 2. The summed E-state index contributed by atoms with van der Waals surface area (Å²) in [5, 5.41) is 5.79. The first kappa shape index (κ1) is 22.1. The minimum absolute atomic E-state index is 0.144. The zero-order valence-corrected chi connectivity index (χ0v) is 18.7. The van der Waals surface area contributed by atoms with E-state index in [4.69, 9.17) is 4.74 Å². The highest BCUT2D eigenvalue weighted by Crippen LogP contribution is 2.29. The zero-order valence-electron chi connectivity index (χ0n) is 18.7. The van der Waals surface area contributed by atoms with Crippen LogP contribution < -0.4 is 15.4 Å². The van der Waals surface area contributed by atoms with E-state index in [1.165, 1.54) is 0 Å². The third-order valence-corrected chi connectivity index (χ3v) is 5.23. The normalized spacial score (nSPS) is 10.7. The number of ether oxygens (including phenoxy) is 1. The first-order valence-electron chi connectivity index (χ1n) is 10.9. The number of benzene rings is 2. The van der Waals surface area contributed by atoms with Crippen molar-refractivity contribution >= 4 is 23.1 Å². The van der Waals surface area contributed by atoms with Crippen molar-refractivity contribution in [1.82, 2.24) is 14.7 Å². The Morgan fingerprint density at radius 3 is 2.55 bits per heavy atom. The maximum absolute atomic E-state index is 12.7. The number of nitrogens with one attached hydrogen (secondary N) is 2. The molecular formula is C26H26N4O3. The molecule has 0 bridgehead atoms. The van der Waals surface area contributed by atoms with Crippen LogP contribution in [0.2, 0.25) is 0 Å². The summed E-state index contributed by atoms with van der Waals surface area (Å²) in [7, 11) is 0. The van der Waals surface area contributed by atoms with Gasteiger partial charge >= 0.3 is 0 Å². The summed E-state index contributed by atoms with van der Waals surface area (Å²) >= 11 is 0. The van der Waals surface area contributed by atoms with Crippen molar-refractivity contribution in [2.45, 2.75) is 26.7 Å². The van der Waals surface area contributed by atoms with Crippen LogP contribution in [0.5, 0.6) is 11.5 Å². The van der Waals surface area contributed by atoms with Crippen molar-refractivity contribution in [2.75, 3.05) is 11.9 Å². The fourth-order valence-electron chi connectivity index (χ4n) is 3.61. The van der Waals surface area contributed by atoms with Gasteiger partial charge in [0, 0.05) is 19.2 Å². The molecular weight excluding hydrogens is 416 g/mol. The molecule has 2 aromatic carbocycles. The van der Waals surface area contributed by atoms with Gasteiger partial charge in [-0.25, -0.2) is 4.98 Å². The maximum Gasteiger partial charge on any atom is 0.270 e. The molecule has 168 valence electrons. The van der Waals surface area contributed by atoms with Gasteiger partial charge in [-0.1, -0.05) is 36.4 Å². The lowest BCUT2D eigenvalue weighted by atomic mass is 10.2. The Labute approximate surface area is 192 Å². The molecule has 0 spiro atoms. The van der Waals surface area contributed by atoms with Crippen LogP contribution in [0, 0.1) is 13.8 Å². The molecule has 0 unspecified atom stereocenters. The SMILES string of the molecule is Cc1nc2c(C)cccn2c1C(=O)NCCCC(=O)Nc1ccccc1Oc1ccccc1. The number of anilines is 1. The predicted molar refractivity (Wildman–Crippen MR) is 128 cm³/mol. The molecule has 4 rings (SSSR count). The number of aromatic nitrogens is 2. The molecule has 2 aromatic heterocycles. The molecule has 4 aromatic rings. The molecule has 7 heteroatoms. The summed E-state index contributed by atoms with van der Waals surface area (Å²) in [5.41, 5.74) is 3.58. The number of imidazole rings is 1. The number of hydrogen-bond acceptors (Lipinski definition) is 4. The highest BCUT2D eigenvalue weighted by Gasteiger charge is 2.17. The topological polar surface area (TPSA) is 84.7 Å². The van der Waals surface area contributed by atoms with E-state index in [9.17, 15) is 9.59 Å². The molecule has 0 saturated heterocycles. The highest BCUT2D eigenvalue weighted by atomic mass is 16.5. The van der Waals surface area contributed by atoms with Gasteiger partial charge in [0.1, 0.15) is 17.1 Å². The van der Waals surface area contributed by atoms with E-state index in [2.05, 4.69) is 15.6 Å². The second-order valence-corrected chi connectivity index (χ2v) is 7.75. The van der Waals surface area contributed by atoms with E-state index in [1.807, 2.05) is 80.7 Å². The fourth-order valence-corrected chi connectivity index (χ4v) is 3.61. The maximum atomic E-state index is 12.7. The summed E-state index contributed by atoms with van der Waals surface area (Å²) in [5.74, 6) is 0.922. The van der Waals surface area contributed by atoms with Crippen LogP contribution in [-0.4, -0.2) is 27.7 Å². The number of nitrogens with zero attached hydrogens (tertiary/aromatic N) is 2. The van der Waals surface area contributed by atoms with Gasteiger partial charge in [-0.3, -0.25) is 14.0 Å². The lowest BCUT2D eigenvalue weighted by Gasteiger charge is -2.12. The summed E-state index contributed by atoms with van der Waals surface area (Å²) in [6, 6.07) is 20.6. The number of amides is 2. The first-order valence-corrected chi connectivity index (χ1v) is 10.9. The van der Waals surface area contributed by atoms with E-state index < -0.39 is 0 Å². The Balaban J connectivity index is 1.30. The molecule has 2 heterocycles. The van der Waals surface area contributed by atoms with Gasteiger partial charge in [0.05, 0.1) is 11.4 Å². The molecule has 33 heavy (non-hydrogen) atoms. The third kappa shape index (κ3) is 5.20. The van der Waals surface area contributed by atoms with Gasteiger partial charge in [-0.05, 0) is 56.2 Å². The van der Waals surface area contributed by atoms with Crippen molar-refractivity contribution in [2.24, 2.45) is 0 Å². The minimum Gasteiger partial charge on any atom is -0.455 e. The number of fused-ring (bicyclic) bond motifs is 1. The fraction of sp³-hybridized carbons (Fsp3) is 0.192. The quantitative estimate of drug-likeness (QED) is 0.381. The van der Waals surface area contributed by atoms with Crippen molar-refractivity contribution < 1.29 is 14.3 Å². The molecule has 0 aliphatic rings. The van der Waals surface area contributed by atoms with Crippen molar-refractivity contribution in [1.29, 1.82) is 0 Å². The number of carbonyl (C=O) groups excluding carboxylic acids is 2. The molecule has 0 aliphatic heterocycles. The largest absolute Gasteiger partial charge is 0.455 e. The van der Waals surface area contributed by atoms with Crippen LogP contribution in [-0.2, 0) is 4.79 Å². The summed E-state index contributed by atoms with van der Waals surface area (Å²) in [4.78, 5) is 29.7. The second-order valence-electron chi connectivity index (χ2n) is 7.75. The minimum atomic E-state index is -0.201. The number of hydrogen-bond donors (Lipinski definition) is 2. The van der Waals surface area contributed by atoms with Crippen molar-refractivity contribution in [3.8, 4) is 11.5 Å². The number of rotatable bonds is 8. The molecule has 0 aliphatic carbocycles. The Bertz CT molecular complexity index is 1280. The van der Waals surface area contributed by atoms with E-state index in [0.29, 0.717) is 41.5 Å². The smallest absolute Gasteiger partial charge is 0.270 e. The van der Waals surface area contributed by atoms with E-state index in [1.54, 1.807) is 10.5 Å². The second kappa shape index (κ2) is 9.99. The lowest BCUT2D eigenvalue weighted by molar-refractivity contribution is -0.116. The standard InChI is InChI=1S/C26H26N4O3/c1-18-10-9-17-30-24(19(2)28-25(18)30)26(32)27-16-8-15-23(31)29-21-13-6-7-14-22(21)33-20-11-4-3-5-12-20/h3-7,9-14,17H,8,15-16H2,1-2H3,(H,27,32)(H,29,31). The van der Waals surface area contributed by atoms with Crippen LogP contribution in [0.15, 0.2) is 72.9 Å². The predicted octanol–water partition coefficient (Wildman–Crippen LogP) is 4.89. The molecule has 0 saturated carbocycles. The summed E-state index contributed by atoms with van der Waals surface area (Å²) in [6.45, 7) is 4.17. The van der Waals surface area contributed by atoms with Crippen LogP contribution in [0.25, 0.3) is 5.65 Å². The molecule has 2 amide bonds. The van der Waals surface area contributed by atoms with Crippen LogP contribution >= 0.6 is 0 Å². The number of pyridine rings is 1. The summed E-state index contributed by atoms with van der Waals surface area (Å²) in [6.07, 6.45) is 2.61. The van der Waals surface area contributed by atoms with Crippen molar-refractivity contribution in [3.63, 3.8) is 0 Å². The van der Waals surface area contributed by atoms with Gasteiger partial charge in [0.2, 0.25) is 5.91 Å². The van der Waals surface area contributed by atoms with Crippen LogP contribution in [0.4, 0.5) is 5.69 Å². The van der Waals surface area contributed by atoms with Gasteiger partial charge in [-0.15, -0.1) is 0 Å². The first-order chi connectivity index (χ1) is 16.0. The van der Waals surface area contributed by atoms with Crippen molar-refractivity contribution in [3.05, 3.63) is 89.9 Å². The van der Waals surface area contributed by atoms with Gasteiger partial charge in [0.15, 0.2) is 5.75 Å².